The van der Waals surface area contributed by atoms with E-state index in [9.17, 15) is 4.79 Å². The van der Waals surface area contributed by atoms with Crippen LogP contribution in [0.4, 0.5) is 0 Å². The maximum absolute atomic E-state index is 11.6. The van der Waals surface area contributed by atoms with Gasteiger partial charge < -0.3 is 19.3 Å². The van der Waals surface area contributed by atoms with Crippen molar-refractivity contribution in [3.05, 3.63) is 34.8 Å². The van der Waals surface area contributed by atoms with E-state index in [1.54, 1.807) is 18.3 Å². The number of carbonyl (C=O) groups excluding carboxylic acids is 1. The summed E-state index contributed by atoms with van der Waals surface area (Å²) >= 11 is 7.11. The summed E-state index contributed by atoms with van der Waals surface area (Å²) < 4.78 is 11.6. The number of nitrogens with zero attached hydrogens (tertiary/aromatic N) is 3. The lowest BCUT2D eigenvalue weighted by Crippen LogP contribution is -2.54. The summed E-state index contributed by atoms with van der Waals surface area (Å²) in [6, 6.07) is 8.71. The zero-order valence-electron chi connectivity index (χ0n) is 17.0. The molecule has 158 valence electrons. The zero-order valence-corrected chi connectivity index (χ0v) is 18.6. The summed E-state index contributed by atoms with van der Waals surface area (Å²) in [6.07, 6.45) is 3.10. The van der Waals surface area contributed by atoms with Crippen LogP contribution in [0, 0.1) is 0 Å². The Morgan fingerprint density at radius 3 is 2.80 bits per heavy atom. The number of hydrogen-bond donors (Lipinski definition) is 0. The minimum absolute atomic E-state index is 0.130. The monoisotopic (exact) mass is 443 g/mol. The number of carbonyl (C=O) groups is 1. The molecule has 0 atom stereocenters. The fraction of sp³-hybridized carbons (Fsp3) is 0.500. The van der Waals surface area contributed by atoms with E-state index >= 15 is 0 Å². The molecule has 1 saturated heterocycles. The Hall–Kier alpha value is -2.03. The minimum atomic E-state index is 0.130. The molecule has 1 aromatic carbocycles. The van der Waals surface area contributed by atoms with Crippen molar-refractivity contribution in [3.63, 3.8) is 0 Å². The first-order valence-corrected chi connectivity index (χ1v) is 11.7. The van der Waals surface area contributed by atoms with Gasteiger partial charge in [-0.2, -0.15) is 0 Å². The van der Waals surface area contributed by atoms with Crippen LogP contribution in [0.25, 0.3) is 10.6 Å². The quantitative estimate of drug-likeness (QED) is 0.676. The fourth-order valence-electron chi connectivity index (χ4n) is 4.26. The van der Waals surface area contributed by atoms with E-state index in [0.717, 1.165) is 66.0 Å². The molecule has 2 aromatic rings. The molecule has 5 rings (SSSR count). The van der Waals surface area contributed by atoms with Gasteiger partial charge in [-0.15, -0.1) is 11.3 Å². The highest BCUT2D eigenvalue weighted by molar-refractivity contribution is 7.80. The number of benzene rings is 1. The molecule has 2 fully saturated rings. The molecule has 8 heteroatoms. The first-order valence-electron chi connectivity index (χ1n) is 10.5. The third-order valence-electron chi connectivity index (χ3n) is 6.11. The number of hydrogen-bond acceptors (Lipinski definition) is 6. The number of amides is 1. The van der Waals surface area contributed by atoms with Crippen molar-refractivity contribution in [1.82, 2.24) is 14.8 Å². The van der Waals surface area contributed by atoms with E-state index < -0.39 is 0 Å². The van der Waals surface area contributed by atoms with Gasteiger partial charge in [0.1, 0.15) is 21.8 Å². The molecule has 2 aliphatic heterocycles. The SMILES string of the molecule is CC(=O)N1CCc2nc(-c3ccc(OC4CC(N5CCOCC5=S)C4)cc3)sc2C1. The fourth-order valence-corrected chi connectivity index (χ4v) is 5.71. The average molecular weight is 444 g/mol. The molecular weight excluding hydrogens is 418 g/mol. The summed E-state index contributed by atoms with van der Waals surface area (Å²) in [6.45, 7) is 5.30. The highest BCUT2D eigenvalue weighted by Crippen LogP contribution is 2.34. The molecule has 0 spiro atoms. The predicted molar refractivity (Wildman–Crippen MR) is 120 cm³/mol. The number of aromatic nitrogens is 1. The van der Waals surface area contributed by atoms with E-state index in [1.807, 2.05) is 17.0 Å². The van der Waals surface area contributed by atoms with Crippen molar-refractivity contribution in [2.24, 2.45) is 0 Å². The molecule has 0 radical (unpaired) electrons. The highest BCUT2D eigenvalue weighted by Gasteiger charge is 2.37. The van der Waals surface area contributed by atoms with Crippen molar-refractivity contribution in [2.75, 3.05) is 26.3 Å². The summed E-state index contributed by atoms with van der Waals surface area (Å²) in [5.74, 6) is 1.03. The third kappa shape index (κ3) is 3.96. The van der Waals surface area contributed by atoms with Crippen molar-refractivity contribution in [2.45, 2.75) is 44.9 Å². The van der Waals surface area contributed by atoms with Crippen LogP contribution in [-0.2, 0) is 22.5 Å². The van der Waals surface area contributed by atoms with Crippen molar-refractivity contribution in [3.8, 4) is 16.3 Å². The molecule has 6 nitrogen and oxygen atoms in total. The van der Waals surface area contributed by atoms with Gasteiger partial charge in [0.2, 0.25) is 5.91 Å². The zero-order chi connectivity index (χ0) is 20.7. The molecule has 0 unspecified atom stereocenters. The van der Waals surface area contributed by atoms with Gasteiger partial charge in [0.05, 0.1) is 25.5 Å². The van der Waals surface area contributed by atoms with E-state index in [1.165, 1.54) is 4.88 Å². The largest absolute Gasteiger partial charge is 0.490 e. The van der Waals surface area contributed by atoms with Crippen LogP contribution in [0.1, 0.15) is 30.3 Å². The number of ether oxygens (including phenoxy) is 2. The Kier molecular flexibility index (Phi) is 5.47. The summed E-state index contributed by atoms with van der Waals surface area (Å²) in [5.41, 5.74) is 2.23. The molecule has 1 amide bonds. The second-order valence-electron chi connectivity index (χ2n) is 8.11. The first-order chi connectivity index (χ1) is 14.6. The number of thiazole rings is 1. The lowest BCUT2D eigenvalue weighted by Gasteiger charge is -2.45. The van der Waals surface area contributed by atoms with Gasteiger partial charge in [-0.3, -0.25) is 4.79 Å². The topological polar surface area (TPSA) is 54.9 Å². The number of rotatable bonds is 4. The van der Waals surface area contributed by atoms with Crippen LogP contribution in [-0.4, -0.2) is 64.1 Å². The number of thiocarbonyl (C=S) groups is 1. The van der Waals surface area contributed by atoms with Gasteiger partial charge in [-0.1, -0.05) is 12.2 Å². The predicted octanol–water partition coefficient (Wildman–Crippen LogP) is 3.28. The normalized spacial score (nSPS) is 23.7. The molecule has 3 heterocycles. The van der Waals surface area contributed by atoms with Gasteiger partial charge >= 0.3 is 0 Å². The molecule has 30 heavy (non-hydrogen) atoms. The van der Waals surface area contributed by atoms with Crippen molar-refractivity contribution in [1.29, 1.82) is 0 Å². The molecule has 3 aliphatic rings. The van der Waals surface area contributed by atoms with Crippen molar-refractivity contribution >= 4 is 34.5 Å². The van der Waals surface area contributed by atoms with Crippen LogP contribution in [0.2, 0.25) is 0 Å². The highest BCUT2D eigenvalue weighted by atomic mass is 32.1. The van der Waals surface area contributed by atoms with Crippen LogP contribution in [0.3, 0.4) is 0 Å². The molecule has 0 bridgehead atoms. The van der Waals surface area contributed by atoms with Gasteiger partial charge in [0, 0.05) is 55.8 Å². The van der Waals surface area contributed by atoms with Gasteiger partial charge in [0.25, 0.3) is 0 Å². The van der Waals surface area contributed by atoms with Crippen LogP contribution in [0.15, 0.2) is 24.3 Å². The summed E-state index contributed by atoms with van der Waals surface area (Å²) in [5, 5.41) is 1.02. The summed E-state index contributed by atoms with van der Waals surface area (Å²) in [7, 11) is 0. The third-order valence-corrected chi connectivity index (χ3v) is 7.60. The van der Waals surface area contributed by atoms with Crippen LogP contribution in [0.5, 0.6) is 5.75 Å². The van der Waals surface area contributed by atoms with E-state index in [0.29, 0.717) is 19.2 Å². The molecule has 0 N–H and O–H groups in total. The Morgan fingerprint density at radius 1 is 1.27 bits per heavy atom. The molecular formula is C22H25N3O3S2. The molecule has 1 saturated carbocycles. The number of fused-ring (bicyclic) bond motifs is 1. The van der Waals surface area contributed by atoms with Crippen molar-refractivity contribution < 1.29 is 14.3 Å². The second kappa shape index (κ2) is 8.24. The minimum Gasteiger partial charge on any atom is -0.490 e. The number of morpholine rings is 1. The maximum atomic E-state index is 11.6. The Morgan fingerprint density at radius 2 is 2.07 bits per heavy atom. The standard InChI is InChI=1S/C22H25N3O3S2/c1-14(26)24-7-6-19-20(12-24)30-22(23-19)15-2-4-17(5-3-15)28-18-10-16(11-18)25-8-9-27-13-21(25)29/h2-5,16,18H,6-13H2,1H3. The van der Waals surface area contributed by atoms with E-state index in [2.05, 4.69) is 17.0 Å². The van der Waals surface area contributed by atoms with Crippen LogP contribution >= 0.6 is 23.6 Å². The van der Waals surface area contributed by atoms with Crippen LogP contribution < -0.4 is 4.74 Å². The lowest BCUT2D eigenvalue weighted by atomic mass is 9.87. The van der Waals surface area contributed by atoms with Gasteiger partial charge in [0.15, 0.2) is 0 Å². The maximum Gasteiger partial charge on any atom is 0.219 e. The van der Waals surface area contributed by atoms with Gasteiger partial charge in [-0.25, -0.2) is 4.98 Å². The first kappa shape index (κ1) is 19.9. The molecule has 1 aliphatic carbocycles. The lowest BCUT2D eigenvalue weighted by molar-refractivity contribution is -0.129. The Bertz CT molecular complexity index is 953. The Balaban J connectivity index is 1.18. The van der Waals surface area contributed by atoms with Gasteiger partial charge in [-0.05, 0) is 24.3 Å². The van der Waals surface area contributed by atoms with E-state index in [-0.39, 0.29) is 12.0 Å². The smallest absolute Gasteiger partial charge is 0.219 e. The Labute approximate surface area is 185 Å². The molecule has 1 aromatic heterocycles. The van der Waals surface area contributed by atoms with E-state index in [4.69, 9.17) is 26.7 Å². The second-order valence-corrected chi connectivity index (χ2v) is 9.66. The average Bonchev–Trinajstić information content (AvgIpc) is 3.15. The summed E-state index contributed by atoms with van der Waals surface area (Å²) in [4.78, 5) is 22.8.